The fourth-order valence-corrected chi connectivity index (χ4v) is 5.75. The molecule has 1 aliphatic carbocycles. The highest BCUT2D eigenvalue weighted by Gasteiger charge is 2.38. The van der Waals surface area contributed by atoms with Crippen LogP contribution in [0.2, 0.25) is 0 Å². The van der Waals surface area contributed by atoms with Crippen molar-refractivity contribution in [3.8, 4) is 5.75 Å². The van der Waals surface area contributed by atoms with E-state index in [1.54, 1.807) is 7.11 Å². The number of benzene rings is 3. The van der Waals surface area contributed by atoms with E-state index in [4.69, 9.17) is 9.73 Å². The molecule has 2 fully saturated rings. The van der Waals surface area contributed by atoms with Gasteiger partial charge in [0.15, 0.2) is 5.17 Å². The maximum atomic E-state index is 13.7. The Hall–Kier alpha value is -3.05. The number of ether oxygens (including phenoxy) is 1. The Morgan fingerprint density at radius 1 is 0.970 bits per heavy atom. The van der Waals surface area contributed by atoms with Gasteiger partial charge in [-0.2, -0.15) is 0 Å². The largest absolute Gasteiger partial charge is 0.496 e. The summed E-state index contributed by atoms with van der Waals surface area (Å²) in [5.74, 6) is 0.904. The van der Waals surface area contributed by atoms with Gasteiger partial charge in [-0.1, -0.05) is 67.3 Å². The number of aryl methyl sites for hydroxylation is 1. The predicted molar refractivity (Wildman–Crippen MR) is 138 cm³/mol. The number of fused-ring (bicyclic) bond motifs is 1. The lowest BCUT2D eigenvalue weighted by Crippen LogP contribution is -2.40. The summed E-state index contributed by atoms with van der Waals surface area (Å²) in [5.41, 5.74) is 3.10. The van der Waals surface area contributed by atoms with Crippen LogP contribution in [-0.2, 0) is 4.79 Å². The summed E-state index contributed by atoms with van der Waals surface area (Å²) in [6.07, 6.45) is 7.67. The first-order chi connectivity index (χ1) is 16.1. The Kier molecular flexibility index (Phi) is 6.23. The monoisotopic (exact) mass is 456 g/mol. The fourth-order valence-electron chi connectivity index (χ4n) is 4.70. The molecule has 33 heavy (non-hydrogen) atoms. The smallest absolute Gasteiger partial charge is 0.267 e. The minimum atomic E-state index is 0.0673. The summed E-state index contributed by atoms with van der Waals surface area (Å²) in [4.78, 5) is 21.2. The molecule has 4 nitrogen and oxygen atoms in total. The lowest BCUT2D eigenvalue weighted by atomic mass is 9.94. The minimum absolute atomic E-state index is 0.0673. The van der Waals surface area contributed by atoms with Crippen LogP contribution < -0.4 is 4.74 Å². The van der Waals surface area contributed by atoms with Gasteiger partial charge in [0.2, 0.25) is 0 Å². The number of carbonyl (C=O) groups excluding carboxylic acids is 1. The van der Waals surface area contributed by atoms with Crippen molar-refractivity contribution in [1.29, 1.82) is 0 Å². The number of amides is 1. The molecule has 3 aromatic carbocycles. The van der Waals surface area contributed by atoms with Crippen LogP contribution in [0.25, 0.3) is 16.8 Å². The van der Waals surface area contributed by atoms with E-state index in [1.807, 2.05) is 47.4 Å². The Balaban J connectivity index is 1.56. The number of rotatable bonds is 4. The molecule has 168 valence electrons. The number of amidine groups is 1. The molecule has 1 saturated heterocycles. The number of thioether (sulfide) groups is 1. The normalized spacial score (nSPS) is 19.7. The maximum Gasteiger partial charge on any atom is 0.267 e. The van der Waals surface area contributed by atoms with E-state index in [0.717, 1.165) is 50.7 Å². The van der Waals surface area contributed by atoms with E-state index in [9.17, 15) is 4.79 Å². The Morgan fingerprint density at radius 2 is 1.70 bits per heavy atom. The van der Waals surface area contributed by atoms with Gasteiger partial charge in [-0.3, -0.25) is 9.69 Å². The minimum Gasteiger partial charge on any atom is -0.496 e. The molecule has 0 spiro atoms. The summed E-state index contributed by atoms with van der Waals surface area (Å²) in [7, 11) is 1.69. The molecule has 0 N–H and O–H groups in total. The molecule has 0 bridgehead atoms. The summed E-state index contributed by atoms with van der Waals surface area (Å²) >= 11 is 1.49. The second kappa shape index (κ2) is 9.44. The highest BCUT2D eigenvalue weighted by molar-refractivity contribution is 8.18. The highest BCUT2D eigenvalue weighted by atomic mass is 32.2. The maximum absolute atomic E-state index is 13.7. The SMILES string of the molecule is COc1ccc(/C=C2/SC(=Nc3ccc(C)cc3)N(C3CCCCC3)C2=O)c2ccccc12. The standard InChI is InChI=1S/C28H28N2O2S/c1-19-12-15-21(16-13-19)29-28-30(22-8-4-3-5-9-22)27(31)26(33-28)18-20-14-17-25(32-2)24-11-7-6-10-23(20)24/h6-7,10-18,22H,3-5,8-9H2,1-2H3/b26-18+,29-28?. The van der Waals surface area contributed by atoms with Gasteiger partial charge >= 0.3 is 0 Å². The van der Waals surface area contributed by atoms with E-state index in [0.29, 0.717) is 0 Å². The quantitative estimate of drug-likeness (QED) is 0.393. The van der Waals surface area contributed by atoms with Crippen LogP contribution in [-0.4, -0.2) is 29.1 Å². The zero-order chi connectivity index (χ0) is 22.8. The number of aliphatic imine (C=N–C) groups is 1. The van der Waals surface area contributed by atoms with Crippen molar-refractivity contribution in [1.82, 2.24) is 4.90 Å². The summed E-state index contributed by atoms with van der Waals surface area (Å²) in [5, 5.41) is 2.91. The summed E-state index contributed by atoms with van der Waals surface area (Å²) in [6, 6.07) is 20.5. The molecule has 0 aromatic heterocycles. The third kappa shape index (κ3) is 4.42. The molecule has 0 radical (unpaired) electrons. The van der Waals surface area contributed by atoms with E-state index in [1.165, 1.54) is 36.6 Å². The van der Waals surface area contributed by atoms with Crippen LogP contribution in [0.5, 0.6) is 5.75 Å². The molecule has 1 heterocycles. The van der Waals surface area contributed by atoms with Gasteiger partial charge in [0.25, 0.3) is 5.91 Å². The summed E-state index contributed by atoms with van der Waals surface area (Å²) < 4.78 is 5.54. The van der Waals surface area contributed by atoms with Gasteiger partial charge in [-0.25, -0.2) is 4.99 Å². The number of carbonyl (C=O) groups is 1. The van der Waals surface area contributed by atoms with E-state index in [-0.39, 0.29) is 11.9 Å². The van der Waals surface area contributed by atoms with Gasteiger partial charge in [0, 0.05) is 11.4 Å². The lowest BCUT2D eigenvalue weighted by molar-refractivity contribution is -0.124. The van der Waals surface area contributed by atoms with Gasteiger partial charge in [-0.05, 0) is 66.8 Å². The van der Waals surface area contributed by atoms with Gasteiger partial charge in [-0.15, -0.1) is 0 Å². The molecule has 3 aromatic rings. The average molecular weight is 457 g/mol. The molecule has 0 atom stereocenters. The van der Waals surface area contributed by atoms with Crippen LogP contribution >= 0.6 is 11.8 Å². The molecule has 1 saturated carbocycles. The zero-order valence-electron chi connectivity index (χ0n) is 19.1. The highest BCUT2D eigenvalue weighted by Crippen LogP contribution is 2.39. The van der Waals surface area contributed by atoms with E-state index >= 15 is 0 Å². The summed E-state index contributed by atoms with van der Waals surface area (Å²) in [6.45, 7) is 2.07. The molecule has 5 rings (SSSR count). The van der Waals surface area contributed by atoms with Crippen LogP contribution in [0.4, 0.5) is 5.69 Å². The van der Waals surface area contributed by atoms with Crippen LogP contribution in [0.3, 0.4) is 0 Å². The molecular weight excluding hydrogens is 428 g/mol. The van der Waals surface area contributed by atoms with Crippen molar-refractivity contribution in [2.24, 2.45) is 4.99 Å². The van der Waals surface area contributed by atoms with Crippen LogP contribution in [0.1, 0.15) is 43.2 Å². The second-order valence-corrected chi connectivity index (χ2v) is 9.72. The first-order valence-corrected chi connectivity index (χ1v) is 12.4. The first kappa shape index (κ1) is 21.8. The fraction of sp³-hybridized carbons (Fsp3) is 0.286. The predicted octanol–water partition coefficient (Wildman–Crippen LogP) is 7.09. The molecular formula is C28H28N2O2S. The van der Waals surface area contributed by atoms with Crippen molar-refractivity contribution >= 4 is 45.4 Å². The van der Waals surface area contributed by atoms with Crippen molar-refractivity contribution < 1.29 is 9.53 Å². The first-order valence-electron chi connectivity index (χ1n) is 11.6. The van der Waals surface area contributed by atoms with Gasteiger partial charge in [0.05, 0.1) is 17.7 Å². The number of nitrogens with zero attached hydrogens (tertiary/aromatic N) is 2. The van der Waals surface area contributed by atoms with E-state index in [2.05, 4.69) is 31.2 Å². The number of hydrogen-bond donors (Lipinski definition) is 0. The molecule has 2 aliphatic rings. The van der Waals surface area contributed by atoms with Crippen molar-refractivity contribution in [2.45, 2.75) is 45.1 Å². The topological polar surface area (TPSA) is 41.9 Å². The Bertz CT molecular complexity index is 1240. The Labute approximate surface area is 199 Å². The third-order valence-corrected chi connectivity index (χ3v) is 7.44. The number of hydrogen-bond acceptors (Lipinski definition) is 4. The average Bonchev–Trinajstić information content (AvgIpc) is 3.15. The van der Waals surface area contributed by atoms with Crippen LogP contribution in [0.15, 0.2) is 70.6 Å². The molecule has 5 heteroatoms. The van der Waals surface area contributed by atoms with Crippen LogP contribution in [0, 0.1) is 6.92 Å². The van der Waals surface area contributed by atoms with E-state index < -0.39 is 0 Å². The van der Waals surface area contributed by atoms with Crippen molar-refractivity contribution in [2.75, 3.05) is 7.11 Å². The number of methoxy groups -OCH3 is 1. The zero-order valence-corrected chi connectivity index (χ0v) is 19.9. The second-order valence-electron chi connectivity index (χ2n) is 8.71. The molecule has 1 aliphatic heterocycles. The molecule has 0 unspecified atom stereocenters. The third-order valence-electron chi connectivity index (χ3n) is 6.46. The Morgan fingerprint density at radius 3 is 2.42 bits per heavy atom. The van der Waals surface area contributed by atoms with Gasteiger partial charge < -0.3 is 4.74 Å². The van der Waals surface area contributed by atoms with Crippen molar-refractivity contribution in [3.05, 3.63) is 76.7 Å². The van der Waals surface area contributed by atoms with Crippen molar-refractivity contribution in [3.63, 3.8) is 0 Å². The molecule has 1 amide bonds. The van der Waals surface area contributed by atoms with Gasteiger partial charge in [0.1, 0.15) is 5.75 Å². The lowest BCUT2D eigenvalue weighted by Gasteiger charge is -2.30.